The van der Waals surface area contributed by atoms with Gasteiger partial charge in [-0.1, -0.05) is 38.2 Å². The van der Waals surface area contributed by atoms with Crippen LogP contribution < -0.4 is 11.1 Å². The summed E-state index contributed by atoms with van der Waals surface area (Å²) in [5.74, 6) is -1.08. The number of primary amides is 1. The SMILES string of the molecule is COC1=C2C[C@@H](C)C[C@H](OC)[C@H](O)[C@@H](C)/C=C(\C)[C@H](OC(N)=O)[C@@H](OC)/C=C/C=C(\C)C(=O)CNC(=CC1O)C2=O. The molecule has 11 heteroatoms. The number of hydrogen-bond acceptors (Lipinski definition) is 10. The van der Waals surface area contributed by atoms with E-state index in [4.69, 9.17) is 24.7 Å². The average Bonchev–Trinajstić information content (AvgIpc) is 2.92. The molecule has 7 atom stereocenters. The molecule has 11 nitrogen and oxygen atoms in total. The van der Waals surface area contributed by atoms with Crippen LogP contribution in [0, 0.1) is 11.8 Å². The molecule has 1 aliphatic heterocycles. The minimum atomic E-state index is -1.16. The van der Waals surface area contributed by atoms with Crippen molar-refractivity contribution in [3.8, 4) is 0 Å². The Labute approximate surface area is 241 Å². The van der Waals surface area contributed by atoms with Gasteiger partial charge >= 0.3 is 6.09 Å². The van der Waals surface area contributed by atoms with Crippen molar-refractivity contribution < 1.29 is 43.5 Å². The predicted octanol–water partition coefficient (Wildman–Crippen LogP) is 2.24. The molecule has 0 saturated heterocycles. The standard InChI is InChI=1S/C30H44N2O9/c1-16-11-20-27(36)21(14-22(33)29(20)40-7)32-15-23(34)17(2)9-8-10-24(38-5)28(41-30(31)37)19(4)13-18(3)26(35)25(12-16)39-6/h8-10,13-14,16,18,22,24-26,28,32-33,35H,11-12,15H2,1-7H3,(H2,31,37)/b10-8+,17-9+,19-13+/t16-,18+,22?,24+,25+,26-,28+/m1/s1. The number of fused-ring (bicyclic) bond motifs is 2. The van der Waals surface area contributed by atoms with Crippen molar-refractivity contribution in [1.82, 2.24) is 5.32 Å². The fourth-order valence-electron chi connectivity index (χ4n) is 5.05. The monoisotopic (exact) mass is 576 g/mol. The van der Waals surface area contributed by atoms with E-state index in [1.807, 2.05) is 13.8 Å². The van der Waals surface area contributed by atoms with Crippen LogP contribution >= 0.6 is 0 Å². The smallest absolute Gasteiger partial charge is 0.405 e. The highest BCUT2D eigenvalue weighted by atomic mass is 16.6. The van der Waals surface area contributed by atoms with Gasteiger partial charge in [-0.15, -0.1) is 0 Å². The lowest BCUT2D eigenvalue weighted by Crippen LogP contribution is -2.37. The molecule has 0 aromatic heterocycles. The van der Waals surface area contributed by atoms with Crippen LogP contribution in [0.25, 0.3) is 0 Å². The van der Waals surface area contributed by atoms with Crippen LogP contribution in [0.5, 0.6) is 0 Å². The van der Waals surface area contributed by atoms with Crippen LogP contribution in [0.15, 0.2) is 58.6 Å². The van der Waals surface area contributed by atoms with Crippen LogP contribution in [-0.2, 0) is 28.5 Å². The van der Waals surface area contributed by atoms with Crippen molar-refractivity contribution in [1.29, 1.82) is 0 Å². The van der Waals surface area contributed by atoms with Crippen LogP contribution in [0.3, 0.4) is 0 Å². The molecular weight excluding hydrogens is 532 g/mol. The molecule has 228 valence electrons. The van der Waals surface area contributed by atoms with Gasteiger partial charge in [0.05, 0.1) is 31.6 Å². The number of carbonyl (C=O) groups is 3. The van der Waals surface area contributed by atoms with E-state index in [9.17, 15) is 24.6 Å². The number of nitrogens with one attached hydrogen (secondary N) is 1. The Morgan fingerprint density at radius 2 is 1.76 bits per heavy atom. The Morgan fingerprint density at radius 3 is 2.34 bits per heavy atom. The number of amides is 1. The largest absolute Gasteiger partial charge is 0.498 e. The molecule has 0 saturated carbocycles. The van der Waals surface area contributed by atoms with Crippen molar-refractivity contribution in [2.45, 2.75) is 71.1 Å². The van der Waals surface area contributed by atoms with Crippen molar-refractivity contribution in [3.63, 3.8) is 0 Å². The molecule has 5 N–H and O–H groups in total. The maximum absolute atomic E-state index is 13.4. The predicted molar refractivity (Wildman–Crippen MR) is 152 cm³/mol. The number of aliphatic hydroxyl groups excluding tert-OH is 2. The Bertz CT molecular complexity index is 1120. The van der Waals surface area contributed by atoms with Crippen molar-refractivity contribution in [2.24, 2.45) is 17.6 Å². The van der Waals surface area contributed by atoms with Gasteiger partial charge in [-0.2, -0.15) is 0 Å². The molecule has 0 radical (unpaired) electrons. The van der Waals surface area contributed by atoms with E-state index < -0.39 is 42.5 Å². The first kappa shape index (κ1) is 34.0. The van der Waals surface area contributed by atoms with Crippen molar-refractivity contribution in [3.05, 3.63) is 58.6 Å². The van der Waals surface area contributed by atoms with E-state index >= 15 is 0 Å². The summed E-state index contributed by atoms with van der Waals surface area (Å²) in [6.45, 7) is 6.91. The quantitative estimate of drug-likeness (QED) is 0.365. The van der Waals surface area contributed by atoms with Crippen molar-refractivity contribution in [2.75, 3.05) is 27.9 Å². The van der Waals surface area contributed by atoms with E-state index in [0.717, 1.165) is 0 Å². The second-order valence-electron chi connectivity index (χ2n) is 10.5. The third-order valence-corrected chi connectivity index (χ3v) is 7.35. The number of Topliss-reactive ketones (excluding diaryl/α,β-unsaturated/α-hetero) is 2. The zero-order valence-corrected chi connectivity index (χ0v) is 24.9. The highest BCUT2D eigenvalue weighted by molar-refractivity contribution is 6.10. The summed E-state index contributed by atoms with van der Waals surface area (Å²) in [5.41, 5.74) is 6.73. The maximum atomic E-state index is 13.4. The summed E-state index contributed by atoms with van der Waals surface area (Å²) < 4.78 is 21.9. The summed E-state index contributed by atoms with van der Waals surface area (Å²) in [5, 5.41) is 24.7. The highest BCUT2D eigenvalue weighted by Crippen LogP contribution is 2.30. The summed E-state index contributed by atoms with van der Waals surface area (Å²) in [6, 6.07) is 0. The Kier molecular flexibility index (Phi) is 13.0. The number of aliphatic hydroxyl groups is 2. The first-order valence-corrected chi connectivity index (χ1v) is 13.6. The minimum absolute atomic E-state index is 0.107. The van der Waals surface area contributed by atoms with E-state index in [-0.39, 0.29) is 41.9 Å². The molecule has 2 bridgehead atoms. The number of ketones is 2. The van der Waals surface area contributed by atoms with Gasteiger partial charge in [0.25, 0.3) is 0 Å². The van der Waals surface area contributed by atoms with E-state index in [0.29, 0.717) is 23.1 Å². The van der Waals surface area contributed by atoms with Gasteiger partial charge in [0.15, 0.2) is 11.9 Å². The zero-order chi connectivity index (χ0) is 30.9. The first-order chi connectivity index (χ1) is 19.3. The van der Waals surface area contributed by atoms with Crippen LogP contribution in [0.2, 0.25) is 0 Å². The summed E-state index contributed by atoms with van der Waals surface area (Å²) in [7, 11) is 4.34. The van der Waals surface area contributed by atoms with Gasteiger partial charge in [-0.05, 0) is 49.8 Å². The van der Waals surface area contributed by atoms with Gasteiger partial charge in [0, 0.05) is 25.7 Å². The second kappa shape index (κ2) is 15.7. The fraction of sp³-hybridized carbons (Fsp3) is 0.567. The summed E-state index contributed by atoms with van der Waals surface area (Å²) in [6.07, 6.45) is 3.23. The molecule has 2 rings (SSSR count). The number of rotatable bonds is 4. The Morgan fingerprint density at radius 1 is 1.07 bits per heavy atom. The number of allylic oxidation sites excluding steroid dienone is 3. The van der Waals surface area contributed by atoms with E-state index in [2.05, 4.69) is 5.32 Å². The van der Waals surface area contributed by atoms with Crippen molar-refractivity contribution >= 4 is 17.7 Å². The third-order valence-electron chi connectivity index (χ3n) is 7.35. The molecule has 0 fully saturated rings. The molecule has 1 unspecified atom stereocenters. The number of nitrogens with two attached hydrogens (primary N) is 1. The van der Waals surface area contributed by atoms with Gasteiger partial charge in [0.1, 0.15) is 18.0 Å². The molecule has 41 heavy (non-hydrogen) atoms. The van der Waals surface area contributed by atoms with Gasteiger partial charge in [-0.3, -0.25) is 9.59 Å². The van der Waals surface area contributed by atoms with Crippen LogP contribution in [0.1, 0.15) is 40.5 Å². The molecule has 0 aromatic rings. The summed E-state index contributed by atoms with van der Waals surface area (Å²) >= 11 is 0. The highest BCUT2D eigenvalue weighted by Gasteiger charge is 2.33. The zero-order valence-electron chi connectivity index (χ0n) is 24.9. The summed E-state index contributed by atoms with van der Waals surface area (Å²) in [4.78, 5) is 37.9. The molecule has 1 aliphatic carbocycles. The first-order valence-electron chi connectivity index (χ1n) is 13.6. The third kappa shape index (κ3) is 9.12. The molecular formula is C30H44N2O9. The lowest BCUT2D eigenvalue weighted by molar-refractivity contribution is -0.115. The molecule has 2 aliphatic rings. The number of carbonyl (C=O) groups excluding carboxylic acids is 3. The van der Waals surface area contributed by atoms with Crippen LogP contribution in [0.4, 0.5) is 4.79 Å². The van der Waals surface area contributed by atoms with Gasteiger partial charge in [-0.25, -0.2) is 4.79 Å². The van der Waals surface area contributed by atoms with Crippen LogP contribution in [-0.4, -0.2) is 86.3 Å². The number of ether oxygens (including phenoxy) is 4. The van der Waals surface area contributed by atoms with E-state index in [1.165, 1.54) is 27.4 Å². The lowest BCUT2D eigenvalue weighted by Gasteiger charge is -2.30. The van der Waals surface area contributed by atoms with Gasteiger partial charge in [0.2, 0.25) is 5.78 Å². The fourth-order valence-corrected chi connectivity index (χ4v) is 5.05. The number of methoxy groups -OCH3 is 3. The Balaban J connectivity index is 2.55. The lowest BCUT2D eigenvalue weighted by atomic mass is 9.85. The van der Waals surface area contributed by atoms with Gasteiger partial charge < -0.3 is 40.2 Å². The minimum Gasteiger partial charge on any atom is -0.498 e. The molecule has 0 spiro atoms. The normalized spacial score (nSPS) is 34.3. The molecule has 0 aromatic carbocycles. The second-order valence-corrected chi connectivity index (χ2v) is 10.5. The molecule has 1 amide bonds. The van der Waals surface area contributed by atoms with E-state index in [1.54, 1.807) is 38.2 Å². The average molecular weight is 577 g/mol. The number of hydrogen-bond donors (Lipinski definition) is 4. The maximum Gasteiger partial charge on any atom is 0.405 e. The Hall–Kier alpha value is -3.25. The topological polar surface area (TPSA) is 167 Å². The molecule has 1 heterocycles.